The zero-order chi connectivity index (χ0) is 21.2. The number of aryl methyl sites for hydroxylation is 2. The fraction of sp³-hybridized carbons (Fsp3) is 0.241. The lowest BCUT2D eigenvalue weighted by atomic mass is 10.1. The third-order valence-corrected chi connectivity index (χ3v) is 4.93. The van der Waals surface area contributed by atoms with Crippen LogP contribution in [0, 0.1) is 29.5 Å². The summed E-state index contributed by atoms with van der Waals surface area (Å²) in [5, 5.41) is 0. The minimum absolute atomic E-state index is 0.173. The van der Waals surface area contributed by atoms with E-state index < -0.39 is 0 Å². The molecule has 0 N–H and O–H groups in total. The van der Waals surface area contributed by atoms with Crippen molar-refractivity contribution in [1.29, 1.82) is 0 Å². The fourth-order valence-corrected chi connectivity index (χ4v) is 3.16. The molecule has 0 spiro atoms. The van der Waals surface area contributed by atoms with E-state index in [9.17, 15) is 4.39 Å². The molecule has 3 rings (SSSR count). The molecule has 0 aliphatic heterocycles. The van der Waals surface area contributed by atoms with Crippen LogP contribution in [0.15, 0.2) is 66.7 Å². The summed E-state index contributed by atoms with van der Waals surface area (Å²) in [6.45, 7) is 4.26. The minimum Gasteiger partial charge on any atom is -0.207 e. The highest BCUT2D eigenvalue weighted by Gasteiger charge is 2.01. The lowest BCUT2D eigenvalue weighted by molar-refractivity contribution is 0.607. The van der Waals surface area contributed by atoms with Crippen LogP contribution in [0.4, 0.5) is 4.39 Å². The van der Waals surface area contributed by atoms with Crippen molar-refractivity contribution < 1.29 is 4.39 Å². The lowest BCUT2D eigenvalue weighted by Crippen LogP contribution is -1.90. The molecule has 0 unspecified atom stereocenters. The van der Waals surface area contributed by atoms with Crippen LogP contribution in [0.2, 0.25) is 0 Å². The number of hydrogen-bond acceptors (Lipinski definition) is 0. The van der Waals surface area contributed by atoms with Crippen LogP contribution in [0.25, 0.3) is 0 Å². The average molecular weight is 395 g/mol. The van der Waals surface area contributed by atoms with Gasteiger partial charge in [0.15, 0.2) is 0 Å². The van der Waals surface area contributed by atoms with E-state index in [0.29, 0.717) is 5.56 Å². The van der Waals surface area contributed by atoms with E-state index in [4.69, 9.17) is 0 Å². The van der Waals surface area contributed by atoms with Gasteiger partial charge in [0.1, 0.15) is 5.82 Å². The molecule has 0 aliphatic rings. The summed E-state index contributed by atoms with van der Waals surface area (Å²) in [5.41, 5.74) is 5.67. The van der Waals surface area contributed by atoms with Gasteiger partial charge in [0.25, 0.3) is 0 Å². The van der Waals surface area contributed by atoms with Gasteiger partial charge < -0.3 is 0 Å². The van der Waals surface area contributed by atoms with E-state index in [-0.39, 0.29) is 5.82 Å². The Morgan fingerprint density at radius 1 is 0.600 bits per heavy atom. The molecule has 1 heteroatoms. The van der Waals surface area contributed by atoms with Gasteiger partial charge in [0.2, 0.25) is 0 Å². The van der Waals surface area contributed by atoms with Gasteiger partial charge in [-0.1, -0.05) is 68.6 Å². The molecule has 3 aromatic rings. The van der Waals surface area contributed by atoms with Gasteiger partial charge in [-0.15, -0.1) is 0 Å². The molecule has 150 valence electrons. The molecule has 0 radical (unpaired) electrons. The summed E-state index contributed by atoms with van der Waals surface area (Å²) in [6, 6.07) is 21.6. The smallest absolute Gasteiger partial charge is 0.127 e. The van der Waals surface area contributed by atoms with E-state index in [1.165, 1.54) is 24.5 Å². The zero-order valence-electron chi connectivity index (χ0n) is 17.8. The predicted molar refractivity (Wildman–Crippen MR) is 124 cm³/mol. The molecule has 0 aromatic heterocycles. The second-order valence-electron chi connectivity index (χ2n) is 7.43. The Balaban J connectivity index is 1.64. The van der Waals surface area contributed by atoms with E-state index in [2.05, 4.69) is 54.9 Å². The molecule has 3 aromatic carbocycles. The summed E-state index contributed by atoms with van der Waals surface area (Å²) < 4.78 is 14.0. The van der Waals surface area contributed by atoms with Gasteiger partial charge in [-0.05, 0) is 78.9 Å². The lowest BCUT2D eigenvalue weighted by Gasteiger charge is -2.01. The van der Waals surface area contributed by atoms with Gasteiger partial charge in [-0.3, -0.25) is 0 Å². The number of hydrogen-bond donors (Lipinski definition) is 0. The zero-order valence-corrected chi connectivity index (χ0v) is 17.8. The normalized spacial score (nSPS) is 9.97. The number of rotatable bonds is 5. The van der Waals surface area contributed by atoms with Gasteiger partial charge in [0.05, 0.1) is 0 Å². The Hall–Kier alpha value is -3.29. The van der Waals surface area contributed by atoms with Gasteiger partial charge in [0, 0.05) is 22.3 Å². The summed E-state index contributed by atoms with van der Waals surface area (Å²) in [5.74, 6) is 12.4. The van der Waals surface area contributed by atoms with E-state index in [1.807, 2.05) is 43.3 Å². The molecule has 0 fully saturated rings. The van der Waals surface area contributed by atoms with E-state index in [0.717, 1.165) is 41.5 Å². The Labute approximate surface area is 180 Å². The number of halogens is 1. The fourth-order valence-electron chi connectivity index (χ4n) is 3.16. The predicted octanol–water partition coefficient (Wildman–Crippen LogP) is 6.92. The second kappa shape index (κ2) is 11.0. The maximum Gasteiger partial charge on any atom is 0.127 e. The van der Waals surface area contributed by atoms with E-state index in [1.54, 1.807) is 0 Å². The van der Waals surface area contributed by atoms with Crippen molar-refractivity contribution in [1.82, 2.24) is 0 Å². The molecular formula is C29H27F. The van der Waals surface area contributed by atoms with Crippen molar-refractivity contribution in [2.45, 2.75) is 46.0 Å². The molecule has 0 amide bonds. The summed E-state index contributed by atoms with van der Waals surface area (Å²) in [6.07, 6.45) is 5.25. The molecule has 0 aliphatic carbocycles. The Morgan fingerprint density at radius 2 is 1.10 bits per heavy atom. The molecule has 0 bridgehead atoms. The maximum absolute atomic E-state index is 14.0. The van der Waals surface area contributed by atoms with Gasteiger partial charge in [-0.2, -0.15) is 0 Å². The molecule has 0 heterocycles. The van der Waals surface area contributed by atoms with Crippen molar-refractivity contribution in [2.75, 3.05) is 0 Å². The van der Waals surface area contributed by atoms with Crippen molar-refractivity contribution >= 4 is 0 Å². The highest BCUT2D eigenvalue weighted by molar-refractivity contribution is 5.48. The Morgan fingerprint density at radius 3 is 1.60 bits per heavy atom. The second-order valence-corrected chi connectivity index (χ2v) is 7.43. The first-order valence-electron chi connectivity index (χ1n) is 10.7. The number of benzene rings is 3. The molecule has 0 saturated heterocycles. The first-order valence-corrected chi connectivity index (χ1v) is 10.7. The summed E-state index contributed by atoms with van der Waals surface area (Å²) in [7, 11) is 0. The van der Waals surface area contributed by atoms with Gasteiger partial charge in [-0.25, -0.2) is 4.39 Å². The average Bonchev–Trinajstić information content (AvgIpc) is 2.78. The van der Waals surface area contributed by atoms with Crippen molar-refractivity contribution in [3.05, 3.63) is 106 Å². The molecule has 0 nitrogen and oxygen atoms in total. The van der Waals surface area contributed by atoms with Crippen LogP contribution in [0.3, 0.4) is 0 Å². The maximum atomic E-state index is 14.0. The number of unbranched alkanes of at least 4 members (excludes halogenated alkanes) is 1. The van der Waals surface area contributed by atoms with E-state index >= 15 is 0 Å². The van der Waals surface area contributed by atoms with Crippen LogP contribution < -0.4 is 0 Å². The Bertz CT molecular complexity index is 1080. The third-order valence-electron chi connectivity index (χ3n) is 4.93. The summed E-state index contributed by atoms with van der Waals surface area (Å²) in [4.78, 5) is 0. The van der Waals surface area contributed by atoms with Crippen molar-refractivity contribution in [3.8, 4) is 23.7 Å². The highest BCUT2D eigenvalue weighted by Crippen LogP contribution is 2.12. The largest absolute Gasteiger partial charge is 0.207 e. The third kappa shape index (κ3) is 6.37. The molecule has 0 atom stereocenters. The monoisotopic (exact) mass is 394 g/mol. The van der Waals surface area contributed by atoms with Crippen LogP contribution in [0.5, 0.6) is 0 Å². The first-order chi connectivity index (χ1) is 14.7. The van der Waals surface area contributed by atoms with Crippen LogP contribution in [-0.2, 0) is 12.8 Å². The van der Waals surface area contributed by atoms with Crippen LogP contribution >= 0.6 is 0 Å². The SMILES string of the molecule is CCCCc1ccc(C#Cc2ccc(C#Cc3ccc(CCC)c(F)c3)cc2)cc1. The molecule has 0 saturated carbocycles. The standard InChI is InChI=1S/C29H27F/c1-3-5-7-23-8-10-24(11-9-23)12-13-25-14-16-26(17-15-25)18-19-27-20-21-28(6-4-2)29(30)22-27/h8-11,14-17,20-22H,3-7H2,1-2H3. The Kier molecular flexibility index (Phi) is 7.88. The van der Waals surface area contributed by atoms with Crippen LogP contribution in [0.1, 0.15) is 66.5 Å². The first kappa shape index (κ1) is 21.4. The summed E-state index contributed by atoms with van der Waals surface area (Å²) >= 11 is 0. The molecule has 30 heavy (non-hydrogen) atoms. The minimum atomic E-state index is -0.173. The quantitative estimate of drug-likeness (QED) is 0.412. The molecular weight excluding hydrogens is 367 g/mol. The topological polar surface area (TPSA) is 0 Å². The van der Waals surface area contributed by atoms with Crippen LogP contribution in [-0.4, -0.2) is 0 Å². The van der Waals surface area contributed by atoms with Gasteiger partial charge >= 0.3 is 0 Å². The van der Waals surface area contributed by atoms with Crippen molar-refractivity contribution in [2.24, 2.45) is 0 Å². The van der Waals surface area contributed by atoms with Crippen molar-refractivity contribution in [3.63, 3.8) is 0 Å². The highest BCUT2D eigenvalue weighted by atomic mass is 19.1.